The molecule has 1 aliphatic heterocycles. The highest BCUT2D eigenvalue weighted by Gasteiger charge is 2.27. The summed E-state index contributed by atoms with van der Waals surface area (Å²) < 4.78 is 5.41. The molecule has 5 heteroatoms. The summed E-state index contributed by atoms with van der Waals surface area (Å²) in [6.45, 7) is 5.60. The minimum Gasteiger partial charge on any atom is -0.398 e. The van der Waals surface area contributed by atoms with Crippen molar-refractivity contribution in [3.8, 4) is 0 Å². The van der Waals surface area contributed by atoms with E-state index in [9.17, 15) is 4.79 Å². The van der Waals surface area contributed by atoms with E-state index in [1.807, 2.05) is 32.0 Å². The molecule has 0 saturated carbocycles. The Balaban J connectivity index is 2.00. The van der Waals surface area contributed by atoms with Gasteiger partial charge in [0.2, 0.25) is 5.91 Å². The Morgan fingerprint density at radius 2 is 2.29 bits per heavy atom. The highest BCUT2D eigenvalue weighted by Crippen LogP contribution is 2.21. The quantitative estimate of drug-likeness (QED) is 0.833. The van der Waals surface area contributed by atoms with Crippen LogP contribution in [-0.2, 0) is 9.53 Å². The number of amides is 1. The van der Waals surface area contributed by atoms with Crippen molar-refractivity contribution in [2.24, 2.45) is 0 Å². The van der Waals surface area contributed by atoms with Crippen LogP contribution in [0.15, 0.2) is 18.2 Å². The van der Waals surface area contributed by atoms with Crippen LogP contribution in [0.4, 0.5) is 11.4 Å². The van der Waals surface area contributed by atoms with Crippen LogP contribution in [0.25, 0.3) is 0 Å². The number of methoxy groups -OCH3 is 1. The molecule has 3 N–H and O–H groups in total. The van der Waals surface area contributed by atoms with E-state index in [-0.39, 0.29) is 18.1 Å². The maximum absolute atomic E-state index is 12.4. The molecule has 0 aromatic heterocycles. The lowest BCUT2D eigenvalue weighted by molar-refractivity contribution is -0.122. The number of anilines is 2. The topological polar surface area (TPSA) is 67.6 Å². The largest absolute Gasteiger partial charge is 0.398 e. The van der Waals surface area contributed by atoms with Crippen molar-refractivity contribution in [1.29, 1.82) is 0 Å². The standard InChI is InChI=1S/C16H25N3O2/c1-11-14(17)7-4-8-15(11)18-16(20)12(2)19-9-5-6-13(10-19)21-3/h4,7-8,12-13H,5-6,9-10,17H2,1-3H3,(H,18,20). The second-order valence-corrected chi connectivity index (χ2v) is 5.68. The van der Waals surface area contributed by atoms with Gasteiger partial charge in [-0.15, -0.1) is 0 Å². The zero-order valence-electron chi connectivity index (χ0n) is 13.1. The molecule has 1 aromatic carbocycles. The molecule has 1 heterocycles. The first-order valence-electron chi connectivity index (χ1n) is 7.45. The molecule has 0 spiro atoms. The van der Waals surface area contributed by atoms with Crippen molar-refractivity contribution < 1.29 is 9.53 Å². The monoisotopic (exact) mass is 291 g/mol. The fourth-order valence-electron chi connectivity index (χ4n) is 2.70. The van der Waals surface area contributed by atoms with E-state index in [0.29, 0.717) is 5.69 Å². The fraction of sp³-hybridized carbons (Fsp3) is 0.562. The number of carbonyl (C=O) groups is 1. The third-order valence-electron chi connectivity index (χ3n) is 4.30. The van der Waals surface area contributed by atoms with Gasteiger partial charge in [0.1, 0.15) is 0 Å². The first kappa shape index (κ1) is 15.8. The van der Waals surface area contributed by atoms with E-state index in [1.54, 1.807) is 7.11 Å². The molecule has 21 heavy (non-hydrogen) atoms. The number of ether oxygens (including phenoxy) is 1. The number of likely N-dealkylation sites (tertiary alicyclic amines) is 1. The zero-order valence-corrected chi connectivity index (χ0v) is 13.1. The molecule has 5 nitrogen and oxygen atoms in total. The van der Waals surface area contributed by atoms with Crippen LogP contribution in [0.2, 0.25) is 0 Å². The molecular weight excluding hydrogens is 266 g/mol. The van der Waals surface area contributed by atoms with Gasteiger partial charge >= 0.3 is 0 Å². The Hall–Kier alpha value is -1.59. The summed E-state index contributed by atoms with van der Waals surface area (Å²) >= 11 is 0. The summed E-state index contributed by atoms with van der Waals surface area (Å²) in [5, 5.41) is 2.98. The third-order valence-corrected chi connectivity index (χ3v) is 4.30. The average Bonchev–Trinajstić information content (AvgIpc) is 2.51. The number of hydrogen-bond acceptors (Lipinski definition) is 4. The predicted molar refractivity (Wildman–Crippen MR) is 85.3 cm³/mol. The van der Waals surface area contributed by atoms with Crippen molar-refractivity contribution in [2.75, 3.05) is 31.2 Å². The second-order valence-electron chi connectivity index (χ2n) is 5.68. The summed E-state index contributed by atoms with van der Waals surface area (Å²) in [6, 6.07) is 5.39. The fourth-order valence-corrected chi connectivity index (χ4v) is 2.70. The summed E-state index contributed by atoms with van der Waals surface area (Å²) in [7, 11) is 1.73. The summed E-state index contributed by atoms with van der Waals surface area (Å²) in [4.78, 5) is 14.6. The van der Waals surface area contributed by atoms with Crippen LogP contribution < -0.4 is 11.1 Å². The van der Waals surface area contributed by atoms with Crippen LogP contribution in [0, 0.1) is 6.92 Å². The van der Waals surface area contributed by atoms with Gasteiger partial charge in [0, 0.05) is 25.0 Å². The number of piperidine rings is 1. The number of benzene rings is 1. The Bertz CT molecular complexity index is 504. The van der Waals surface area contributed by atoms with Crippen LogP contribution in [0.1, 0.15) is 25.3 Å². The molecule has 2 rings (SSSR count). The van der Waals surface area contributed by atoms with E-state index in [2.05, 4.69) is 10.2 Å². The molecule has 1 saturated heterocycles. The molecule has 0 aliphatic carbocycles. The van der Waals surface area contributed by atoms with Gasteiger partial charge in [-0.2, -0.15) is 0 Å². The molecule has 0 radical (unpaired) electrons. The number of rotatable bonds is 4. The molecule has 1 fully saturated rings. The van der Waals surface area contributed by atoms with Gasteiger partial charge in [-0.05, 0) is 50.9 Å². The van der Waals surface area contributed by atoms with Gasteiger partial charge in [-0.25, -0.2) is 0 Å². The van der Waals surface area contributed by atoms with Crippen molar-refractivity contribution in [3.63, 3.8) is 0 Å². The van der Waals surface area contributed by atoms with Crippen LogP contribution in [0.3, 0.4) is 0 Å². The number of carbonyl (C=O) groups excluding carboxylic acids is 1. The minimum absolute atomic E-state index is 0.000420. The maximum atomic E-state index is 12.4. The van der Waals surface area contributed by atoms with Gasteiger partial charge in [-0.3, -0.25) is 9.69 Å². The number of nitrogen functional groups attached to an aromatic ring is 1. The van der Waals surface area contributed by atoms with E-state index < -0.39 is 0 Å². The zero-order chi connectivity index (χ0) is 15.4. The van der Waals surface area contributed by atoms with Crippen LogP contribution in [-0.4, -0.2) is 43.2 Å². The molecule has 2 atom stereocenters. The number of nitrogens with two attached hydrogens (primary N) is 1. The maximum Gasteiger partial charge on any atom is 0.241 e. The lowest BCUT2D eigenvalue weighted by Crippen LogP contribution is -2.48. The van der Waals surface area contributed by atoms with Gasteiger partial charge < -0.3 is 15.8 Å². The van der Waals surface area contributed by atoms with Gasteiger partial charge in [0.25, 0.3) is 0 Å². The molecular formula is C16H25N3O2. The first-order chi connectivity index (χ1) is 10.0. The minimum atomic E-state index is -0.177. The first-order valence-corrected chi connectivity index (χ1v) is 7.45. The lowest BCUT2D eigenvalue weighted by Gasteiger charge is -2.35. The van der Waals surface area contributed by atoms with E-state index in [0.717, 1.165) is 37.2 Å². The Morgan fingerprint density at radius 3 is 3.00 bits per heavy atom. The SMILES string of the molecule is COC1CCCN(C(C)C(=O)Nc2cccc(N)c2C)C1. The Kier molecular flexibility index (Phi) is 5.20. The second kappa shape index (κ2) is 6.91. The van der Waals surface area contributed by atoms with Gasteiger partial charge in [0.15, 0.2) is 0 Å². The molecule has 2 unspecified atom stereocenters. The number of nitrogens with one attached hydrogen (secondary N) is 1. The highest BCUT2D eigenvalue weighted by atomic mass is 16.5. The van der Waals surface area contributed by atoms with E-state index >= 15 is 0 Å². The predicted octanol–water partition coefficient (Wildman–Crippen LogP) is 2.02. The molecule has 1 amide bonds. The van der Waals surface area contributed by atoms with Crippen molar-refractivity contribution in [3.05, 3.63) is 23.8 Å². The molecule has 116 valence electrons. The van der Waals surface area contributed by atoms with Crippen LogP contribution in [0.5, 0.6) is 0 Å². The number of hydrogen-bond donors (Lipinski definition) is 2. The van der Waals surface area contributed by atoms with Crippen molar-refractivity contribution in [2.45, 2.75) is 38.8 Å². The summed E-state index contributed by atoms with van der Waals surface area (Å²) in [5.74, 6) is 0.000420. The average molecular weight is 291 g/mol. The summed E-state index contributed by atoms with van der Waals surface area (Å²) in [5.41, 5.74) is 8.26. The third kappa shape index (κ3) is 3.74. The molecule has 1 aromatic rings. The molecule has 1 aliphatic rings. The summed E-state index contributed by atoms with van der Waals surface area (Å²) in [6.07, 6.45) is 2.35. The highest BCUT2D eigenvalue weighted by molar-refractivity contribution is 5.95. The van der Waals surface area contributed by atoms with E-state index in [4.69, 9.17) is 10.5 Å². The van der Waals surface area contributed by atoms with Crippen molar-refractivity contribution >= 4 is 17.3 Å². The Morgan fingerprint density at radius 1 is 1.52 bits per heavy atom. The smallest absolute Gasteiger partial charge is 0.241 e. The van der Waals surface area contributed by atoms with Gasteiger partial charge in [-0.1, -0.05) is 6.07 Å². The Labute approximate surface area is 126 Å². The lowest BCUT2D eigenvalue weighted by atomic mass is 10.1. The molecule has 0 bridgehead atoms. The van der Waals surface area contributed by atoms with Gasteiger partial charge in [0.05, 0.1) is 12.1 Å². The number of nitrogens with zero attached hydrogens (tertiary/aromatic N) is 1. The van der Waals surface area contributed by atoms with Crippen LogP contribution >= 0.6 is 0 Å². The normalized spacial score (nSPS) is 21.0. The van der Waals surface area contributed by atoms with Crippen molar-refractivity contribution in [1.82, 2.24) is 4.90 Å². The van der Waals surface area contributed by atoms with E-state index in [1.165, 1.54) is 0 Å².